The zero-order valence-corrected chi connectivity index (χ0v) is 12.0. The van der Waals surface area contributed by atoms with Crippen molar-refractivity contribution >= 4 is 5.91 Å². The molecule has 0 aliphatic carbocycles. The van der Waals surface area contributed by atoms with Gasteiger partial charge in [0.2, 0.25) is 0 Å². The second kappa shape index (κ2) is 5.38. The Balaban J connectivity index is 2.61. The predicted molar refractivity (Wildman–Crippen MR) is 69.9 cm³/mol. The molecule has 1 aliphatic rings. The van der Waals surface area contributed by atoms with Crippen LogP contribution in [0.15, 0.2) is 0 Å². The van der Waals surface area contributed by atoms with E-state index in [9.17, 15) is 4.79 Å². The van der Waals surface area contributed by atoms with Crippen LogP contribution >= 0.6 is 0 Å². The van der Waals surface area contributed by atoms with Crippen molar-refractivity contribution in [2.45, 2.75) is 59.0 Å². The Morgan fingerprint density at radius 1 is 1.24 bits per heavy atom. The number of methoxy groups -OCH3 is 1. The SMILES string of the molecule is CCC1(CC)CCN(C(=O)C(C)(C)OC)CC1. The lowest BCUT2D eigenvalue weighted by Gasteiger charge is -2.42. The highest BCUT2D eigenvalue weighted by Crippen LogP contribution is 2.38. The van der Waals surface area contributed by atoms with E-state index in [0.717, 1.165) is 25.9 Å². The molecule has 1 saturated heterocycles. The normalized spacial score (nSPS) is 20.4. The summed E-state index contributed by atoms with van der Waals surface area (Å²) in [6, 6.07) is 0. The minimum atomic E-state index is -0.682. The highest BCUT2D eigenvalue weighted by atomic mass is 16.5. The van der Waals surface area contributed by atoms with Crippen molar-refractivity contribution in [2.24, 2.45) is 5.41 Å². The number of amides is 1. The third-order valence-electron chi connectivity index (χ3n) is 4.64. The Labute approximate surface area is 106 Å². The first kappa shape index (κ1) is 14.5. The Bertz CT molecular complexity index is 259. The smallest absolute Gasteiger partial charge is 0.254 e. The van der Waals surface area contributed by atoms with Crippen molar-refractivity contribution in [2.75, 3.05) is 20.2 Å². The molecule has 0 N–H and O–H groups in total. The molecule has 0 aromatic rings. The van der Waals surface area contributed by atoms with Crippen LogP contribution in [-0.2, 0) is 9.53 Å². The number of nitrogens with zero attached hydrogens (tertiary/aromatic N) is 1. The molecule has 1 fully saturated rings. The average molecular weight is 241 g/mol. The third-order valence-corrected chi connectivity index (χ3v) is 4.64. The predicted octanol–water partition coefficient (Wildman–Crippen LogP) is 2.84. The lowest BCUT2D eigenvalue weighted by atomic mass is 9.74. The van der Waals surface area contributed by atoms with Crippen LogP contribution in [0.25, 0.3) is 0 Å². The van der Waals surface area contributed by atoms with Gasteiger partial charge in [0.15, 0.2) is 0 Å². The quantitative estimate of drug-likeness (QED) is 0.757. The van der Waals surface area contributed by atoms with Crippen LogP contribution in [0, 0.1) is 5.41 Å². The summed E-state index contributed by atoms with van der Waals surface area (Å²) in [4.78, 5) is 14.2. The molecular formula is C14H27NO2. The van der Waals surface area contributed by atoms with E-state index in [1.165, 1.54) is 12.8 Å². The highest BCUT2D eigenvalue weighted by molar-refractivity contribution is 5.84. The van der Waals surface area contributed by atoms with Crippen molar-refractivity contribution in [3.8, 4) is 0 Å². The van der Waals surface area contributed by atoms with Gasteiger partial charge in [-0.1, -0.05) is 26.7 Å². The standard InChI is InChI=1S/C14H27NO2/c1-6-14(7-2)8-10-15(11-9-14)12(16)13(3,4)17-5/h6-11H2,1-5H3. The second-order valence-corrected chi connectivity index (χ2v) is 5.71. The molecule has 0 aromatic heterocycles. The van der Waals surface area contributed by atoms with E-state index in [0.29, 0.717) is 5.41 Å². The van der Waals surface area contributed by atoms with Crippen LogP contribution in [-0.4, -0.2) is 36.6 Å². The molecule has 0 unspecified atom stereocenters. The minimum absolute atomic E-state index is 0.126. The highest BCUT2D eigenvalue weighted by Gasteiger charge is 2.37. The summed E-state index contributed by atoms with van der Waals surface area (Å²) in [6.07, 6.45) is 4.70. The molecule has 100 valence electrons. The summed E-state index contributed by atoms with van der Waals surface area (Å²) < 4.78 is 5.27. The number of ether oxygens (including phenoxy) is 1. The van der Waals surface area contributed by atoms with Crippen LogP contribution in [0.4, 0.5) is 0 Å². The van der Waals surface area contributed by atoms with Gasteiger partial charge in [0.05, 0.1) is 0 Å². The van der Waals surface area contributed by atoms with E-state index in [4.69, 9.17) is 4.74 Å². The van der Waals surface area contributed by atoms with Gasteiger partial charge in [0.25, 0.3) is 5.91 Å². The first-order valence-corrected chi connectivity index (χ1v) is 6.75. The number of carbonyl (C=O) groups is 1. The van der Waals surface area contributed by atoms with Crippen LogP contribution in [0.3, 0.4) is 0 Å². The van der Waals surface area contributed by atoms with Gasteiger partial charge in [-0.2, -0.15) is 0 Å². The minimum Gasteiger partial charge on any atom is -0.369 e. The Morgan fingerprint density at radius 3 is 2.06 bits per heavy atom. The number of piperidine rings is 1. The monoisotopic (exact) mass is 241 g/mol. The lowest BCUT2D eigenvalue weighted by Crippen LogP contribution is -2.51. The maximum atomic E-state index is 12.2. The Hall–Kier alpha value is -0.570. The molecule has 3 nitrogen and oxygen atoms in total. The fourth-order valence-corrected chi connectivity index (χ4v) is 2.61. The zero-order valence-electron chi connectivity index (χ0n) is 12.0. The van der Waals surface area contributed by atoms with E-state index in [-0.39, 0.29) is 5.91 Å². The molecule has 0 bridgehead atoms. The van der Waals surface area contributed by atoms with E-state index >= 15 is 0 Å². The zero-order chi connectivity index (χ0) is 13.1. The summed E-state index contributed by atoms with van der Waals surface area (Å²) in [5.41, 5.74) is -0.216. The summed E-state index contributed by atoms with van der Waals surface area (Å²) in [5.74, 6) is 0.126. The number of hydrogen-bond donors (Lipinski definition) is 0. The average Bonchev–Trinajstić information content (AvgIpc) is 2.38. The molecule has 1 rings (SSSR count). The van der Waals surface area contributed by atoms with Crippen LogP contribution in [0.5, 0.6) is 0 Å². The van der Waals surface area contributed by atoms with Crippen molar-refractivity contribution in [3.05, 3.63) is 0 Å². The molecule has 0 radical (unpaired) electrons. The van der Waals surface area contributed by atoms with Crippen molar-refractivity contribution in [1.29, 1.82) is 0 Å². The van der Waals surface area contributed by atoms with E-state index < -0.39 is 5.60 Å². The molecule has 17 heavy (non-hydrogen) atoms. The van der Waals surface area contributed by atoms with Gasteiger partial charge in [-0.15, -0.1) is 0 Å². The molecule has 0 atom stereocenters. The van der Waals surface area contributed by atoms with Gasteiger partial charge in [-0.3, -0.25) is 4.79 Å². The number of likely N-dealkylation sites (tertiary alicyclic amines) is 1. The van der Waals surface area contributed by atoms with Gasteiger partial charge in [-0.25, -0.2) is 0 Å². The van der Waals surface area contributed by atoms with Gasteiger partial charge in [0.1, 0.15) is 5.60 Å². The summed E-state index contributed by atoms with van der Waals surface area (Å²) in [7, 11) is 1.60. The number of rotatable bonds is 4. The second-order valence-electron chi connectivity index (χ2n) is 5.71. The summed E-state index contributed by atoms with van der Waals surface area (Å²) in [6.45, 7) is 9.98. The maximum Gasteiger partial charge on any atom is 0.254 e. The molecule has 3 heteroatoms. The fraction of sp³-hybridized carbons (Fsp3) is 0.929. The molecule has 1 heterocycles. The van der Waals surface area contributed by atoms with Gasteiger partial charge in [-0.05, 0) is 32.1 Å². The largest absolute Gasteiger partial charge is 0.369 e. The number of carbonyl (C=O) groups excluding carboxylic acids is 1. The lowest BCUT2D eigenvalue weighted by molar-refractivity contribution is -0.153. The van der Waals surface area contributed by atoms with Crippen molar-refractivity contribution in [1.82, 2.24) is 4.90 Å². The Kier molecular flexibility index (Phi) is 4.59. The fourth-order valence-electron chi connectivity index (χ4n) is 2.61. The van der Waals surface area contributed by atoms with Gasteiger partial charge >= 0.3 is 0 Å². The van der Waals surface area contributed by atoms with E-state index in [1.807, 2.05) is 18.7 Å². The van der Waals surface area contributed by atoms with Crippen LogP contribution in [0.1, 0.15) is 53.4 Å². The Morgan fingerprint density at radius 2 is 1.71 bits per heavy atom. The number of hydrogen-bond acceptors (Lipinski definition) is 2. The molecule has 0 spiro atoms. The molecule has 0 saturated carbocycles. The summed E-state index contributed by atoms with van der Waals surface area (Å²) >= 11 is 0. The molecular weight excluding hydrogens is 214 g/mol. The topological polar surface area (TPSA) is 29.5 Å². The third kappa shape index (κ3) is 3.01. The first-order chi connectivity index (χ1) is 7.90. The van der Waals surface area contributed by atoms with E-state index in [1.54, 1.807) is 7.11 Å². The molecule has 1 aliphatic heterocycles. The molecule has 0 aromatic carbocycles. The molecule has 1 amide bonds. The maximum absolute atomic E-state index is 12.2. The van der Waals surface area contributed by atoms with Gasteiger partial charge in [0, 0.05) is 20.2 Å². The first-order valence-electron chi connectivity index (χ1n) is 6.75. The van der Waals surface area contributed by atoms with Gasteiger partial charge < -0.3 is 9.64 Å². The van der Waals surface area contributed by atoms with E-state index in [2.05, 4.69) is 13.8 Å². The van der Waals surface area contributed by atoms with Crippen LogP contribution < -0.4 is 0 Å². The van der Waals surface area contributed by atoms with Crippen LogP contribution in [0.2, 0.25) is 0 Å². The van der Waals surface area contributed by atoms with Crippen molar-refractivity contribution in [3.63, 3.8) is 0 Å². The summed E-state index contributed by atoms with van der Waals surface area (Å²) in [5, 5.41) is 0. The van der Waals surface area contributed by atoms with Crippen molar-refractivity contribution < 1.29 is 9.53 Å².